The highest BCUT2D eigenvalue weighted by Gasteiger charge is 2.17. The monoisotopic (exact) mass is 296 g/mol. The Morgan fingerprint density at radius 3 is 2.73 bits per heavy atom. The Kier molecular flexibility index (Phi) is 4.59. The summed E-state index contributed by atoms with van der Waals surface area (Å²) in [5.74, 6) is 0.627. The number of nitrogens with one attached hydrogen (secondary N) is 1. The molecule has 2 aromatic carbocycles. The molecule has 1 aliphatic heterocycles. The Hall–Kier alpha value is -2.49. The van der Waals surface area contributed by atoms with Gasteiger partial charge in [0.25, 0.3) is 5.91 Å². The Labute approximate surface area is 130 Å². The van der Waals surface area contributed by atoms with E-state index in [1.165, 1.54) is 11.3 Å². The van der Waals surface area contributed by atoms with E-state index in [0.29, 0.717) is 12.3 Å². The number of benzene rings is 2. The van der Waals surface area contributed by atoms with Crippen LogP contribution in [0.4, 0.5) is 5.69 Å². The number of nitrogens with zero attached hydrogens (tertiary/aromatic N) is 1. The molecule has 1 heterocycles. The fraction of sp³-hybridized carbons (Fsp3) is 0.278. The van der Waals surface area contributed by atoms with Crippen LogP contribution in [-0.2, 0) is 11.2 Å². The lowest BCUT2D eigenvalue weighted by molar-refractivity contribution is -0.123. The van der Waals surface area contributed by atoms with Crippen molar-refractivity contribution in [3.05, 3.63) is 60.2 Å². The van der Waals surface area contributed by atoms with Crippen molar-refractivity contribution in [3.63, 3.8) is 0 Å². The van der Waals surface area contributed by atoms with Gasteiger partial charge in [-0.05, 0) is 30.2 Å². The van der Waals surface area contributed by atoms with Gasteiger partial charge in [-0.1, -0.05) is 36.4 Å². The topological polar surface area (TPSA) is 41.6 Å². The van der Waals surface area contributed by atoms with Gasteiger partial charge in [-0.15, -0.1) is 0 Å². The molecule has 114 valence electrons. The maximum atomic E-state index is 11.8. The van der Waals surface area contributed by atoms with Crippen LogP contribution >= 0.6 is 0 Å². The van der Waals surface area contributed by atoms with Gasteiger partial charge in [-0.3, -0.25) is 4.79 Å². The van der Waals surface area contributed by atoms with E-state index in [1.807, 2.05) is 30.3 Å². The number of anilines is 1. The lowest BCUT2D eigenvalue weighted by Gasteiger charge is -2.19. The maximum Gasteiger partial charge on any atom is 0.258 e. The summed E-state index contributed by atoms with van der Waals surface area (Å²) in [7, 11) is 0. The van der Waals surface area contributed by atoms with Crippen molar-refractivity contribution < 1.29 is 9.53 Å². The number of para-hydroxylation sites is 2. The molecule has 0 saturated heterocycles. The van der Waals surface area contributed by atoms with Crippen LogP contribution in [0, 0.1) is 0 Å². The van der Waals surface area contributed by atoms with Gasteiger partial charge in [0.1, 0.15) is 5.75 Å². The number of ether oxygens (including phenoxy) is 1. The highest BCUT2D eigenvalue weighted by molar-refractivity contribution is 5.77. The second-order valence-corrected chi connectivity index (χ2v) is 5.32. The lowest BCUT2D eigenvalue weighted by atomic mass is 10.2. The molecule has 1 amide bonds. The Morgan fingerprint density at radius 1 is 1.09 bits per heavy atom. The van der Waals surface area contributed by atoms with Gasteiger partial charge >= 0.3 is 0 Å². The molecule has 3 rings (SSSR count). The molecule has 0 aromatic heterocycles. The van der Waals surface area contributed by atoms with Crippen LogP contribution in [0.1, 0.15) is 5.56 Å². The van der Waals surface area contributed by atoms with E-state index in [-0.39, 0.29) is 12.5 Å². The number of hydrogen-bond acceptors (Lipinski definition) is 3. The summed E-state index contributed by atoms with van der Waals surface area (Å²) in [6.07, 6.45) is 1.08. The zero-order valence-corrected chi connectivity index (χ0v) is 12.5. The molecule has 22 heavy (non-hydrogen) atoms. The molecule has 0 atom stereocenters. The summed E-state index contributed by atoms with van der Waals surface area (Å²) < 4.78 is 5.42. The molecule has 1 aliphatic rings. The van der Waals surface area contributed by atoms with Gasteiger partial charge in [-0.25, -0.2) is 0 Å². The van der Waals surface area contributed by atoms with Gasteiger partial charge in [0.05, 0.1) is 0 Å². The largest absolute Gasteiger partial charge is 0.484 e. The van der Waals surface area contributed by atoms with Crippen LogP contribution in [0.5, 0.6) is 5.75 Å². The van der Waals surface area contributed by atoms with Gasteiger partial charge in [-0.2, -0.15) is 0 Å². The van der Waals surface area contributed by atoms with Gasteiger partial charge in [0.2, 0.25) is 0 Å². The highest BCUT2D eigenvalue weighted by Crippen LogP contribution is 2.26. The number of carbonyl (C=O) groups is 1. The van der Waals surface area contributed by atoms with E-state index in [4.69, 9.17) is 4.74 Å². The van der Waals surface area contributed by atoms with Crippen molar-refractivity contribution in [2.45, 2.75) is 6.42 Å². The summed E-state index contributed by atoms with van der Waals surface area (Å²) in [4.78, 5) is 14.1. The molecule has 4 heteroatoms. The van der Waals surface area contributed by atoms with Crippen molar-refractivity contribution in [2.24, 2.45) is 0 Å². The molecule has 0 bridgehead atoms. The molecule has 0 radical (unpaired) electrons. The molecule has 2 aromatic rings. The van der Waals surface area contributed by atoms with Crippen molar-refractivity contribution in [3.8, 4) is 5.75 Å². The van der Waals surface area contributed by atoms with E-state index in [2.05, 4.69) is 34.5 Å². The number of hydrogen-bond donors (Lipinski definition) is 1. The predicted molar refractivity (Wildman–Crippen MR) is 87.3 cm³/mol. The van der Waals surface area contributed by atoms with Gasteiger partial charge in [0.15, 0.2) is 6.61 Å². The third kappa shape index (κ3) is 3.58. The minimum Gasteiger partial charge on any atom is -0.484 e. The molecule has 4 nitrogen and oxygen atoms in total. The summed E-state index contributed by atoms with van der Waals surface area (Å²) in [6.45, 7) is 2.54. The fourth-order valence-electron chi connectivity index (χ4n) is 2.69. The molecule has 0 fully saturated rings. The smallest absolute Gasteiger partial charge is 0.258 e. The summed E-state index contributed by atoms with van der Waals surface area (Å²) in [6, 6.07) is 17.8. The zero-order chi connectivity index (χ0) is 15.2. The maximum absolute atomic E-state index is 11.8. The quantitative estimate of drug-likeness (QED) is 0.889. The fourth-order valence-corrected chi connectivity index (χ4v) is 2.69. The van der Waals surface area contributed by atoms with Crippen molar-refractivity contribution >= 4 is 11.6 Å². The van der Waals surface area contributed by atoms with Crippen LogP contribution in [0.15, 0.2) is 54.6 Å². The molecular weight excluding hydrogens is 276 g/mol. The lowest BCUT2D eigenvalue weighted by Crippen LogP contribution is -2.36. The molecule has 0 unspecified atom stereocenters. The third-order valence-electron chi connectivity index (χ3n) is 3.80. The SMILES string of the molecule is O=C(COc1ccccc1)NCCN1CCc2ccccc21. The van der Waals surface area contributed by atoms with Crippen LogP contribution in [0.25, 0.3) is 0 Å². The second-order valence-electron chi connectivity index (χ2n) is 5.32. The van der Waals surface area contributed by atoms with Gasteiger partial charge in [0, 0.05) is 25.3 Å². The molecule has 0 aliphatic carbocycles. The summed E-state index contributed by atoms with van der Waals surface area (Å²) in [5, 5.41) is 2.91. The van der Waals surface area contributed by atoms with E-state index in [1.54, 1.807) is 0 Å². The number of carbonyl (C=O) groups excluding carboxylic acids is 1. The Morgan fingerprint density at radius 2 is 1.86 bits per heavy atom. The van der Waals surface area contributed by atoms with Crippen LogP contribution in [0.2, 0.25) is 0 Å². The minimum atomic E-state index is -0.0867. The first-order valence-electron chi connectivity index (χ1n) is 7.60. The number of amides is 1. The predicted octanol–water partition coefficient (Wildman–Crippen LogP) is 2.24. The molecule has 0 spiro atoms. The van der Waals surface area contributed by atoms with Crippen molar-refractivity contribution in [2.75, 3.05) is 31.1 Å². The molecule has 0 saturated carbocycles. The van der Waals surface area contributed by atoms with E-state index >= 15 is 0 Å². The van der Waals surface area contributed by atoms with Crippen molar-refractivity contribution in [1.29, 1.82) is 0 Å². The average molecular weight is 296 g/mol. The Bertz CT molecular complexity index is 628. The van der Waals surface area contributed by atoms with Crippen molar-refractivity contribution in [1.82, 2.24) is 5.32 Å². The van der Waals surface area contributed by atoms with Gasteiger partial charge < -0.3 is 15.0 Å². The first-order chi connectivity index (χ1) is 10.8. The normalized spacial score (nSPS) is 12.8. The molecule has 1 N–H and O–H groups in total. The van der Waals surface area contributed by atoms with Crippen LogP contribution in [0.3, 0.4) is 0 Å². The minimum absolute atomic E-state index is 0.0562. The molecular formula is C18H20N2O2. The average Bonchev–Trinajstić information content (AvgIpc) is 2.97. The van der Waals surface area contributed by atoms with E-state index in [9.17, 15) is 4.79 Å². The van der Waals surface area contributed by atoms with Crippen LogP contribution < -0.4 is 15.0 Å². The number of rotatable bonds is 6. The number of fused-ring (bicyclic) bond motifs is 1. The zero-order valence-electron chi connectivity index (χ0n) is 12.5. The Balaban J connectivity index is 1.39. The standard InChI is InChI=1S/C18H20N2O2/c21-18(14-22-16-7-2-1-3-8-16)19-11-13-20-12-10-15-6-4-5-9-17(15)20/h1-9H,10-14H2,(H,19,21). The first-order valence-corrected chi connectivity index (χ1v) is 7.60. The van der Waals surface area contributed by atoms with E-state index in [0.717, 1.165) is 19.5 Å². The summed E-state index contributed by atoms with van der Waals surface area (Å²) >= 11 is 0. The second kappa shape index (κ2) is 6.98. The third-order valence-corrected chi connectivity index (χ3v) is 3.80. The van der Waals surface area contributed by atoms with Crippen LogP contribution in [-0.4, -0.2) is 32.1 Å². The first kappa shape index (κ1) is 14.4. The van der Waals surface area contributed by atoms with E-state index < -0.39 is 0 Å². The highest BCUT2D eigenvalue weighted by atomic mass is 16.5. The summed E-state index contributed by atoms with van der Waals surface area (Å²) in [5.41, 5.74) is 2.68.